The van der Waals surface area contributed by atoms with E-state index in [1.54, 1.807) is 4.90 Å². The van der Waals surface area contributed by atoms with E-state index >= 15 is 0 Å². The lowest BCUT2D eigenvalue weighted by molar-refractivity contribution is -0.118. The van der Waals surface area contributed by atoms with Crippen LogP contribution in [-0.2, 0) is 11.3 Å². The number of carbonyl (C=O) groups excluding carboxylic acids is 2. The van der Waals surface area contributed by atoms with Crippen molar-refractivity contribution in [3.8, 4) is 0 Å². The second-order valence-corrected chi connectivity index (χ2v) is 10.5. The number of imidazole rings is 1. The number of rotatable bonds is 6. The summed E-state index contributed by atoms with van der Waals surface area (Å²) in [4.78, 5) is 42.1. The Kier molecular flexibility index (Phi) is 6.61. The standard InChI is InChI=1S/C28H28N6O2S/c35-26-11-5-7-20-6-1-4-10-24(20)34(26)17-25-30-23(18-37-25)27(36)33-14-12-19(13-15-33)16-29-28-31-21-8-2-3-9-22(21)32-28/h1-4,6,8-10,18-19H,5,11-17H2,(H2,29,31,32). The van der Waals surface area contributed by atoms with Gasteiger partial charge in [-0.05, 0) is 48.9 Å². The fraction of sp³-hybridized carbons (Fsp3) is 0.321. The van der Waals surface area contributed by atoms with Crippen molar-refractivity contribution in [3.63, 3.8) is 0 Å². The smallest absolute Gasteiger partial charge is 0.273 e. The Morgan fingerprint density at radius 1 is 1.11 bits per heavy atom. The van der Waals surface area contributed by atoms with Crippen molar-refractivity contribution in [1.82, 2.24) is 19.9 Å². The SMILES string of the molecule is O=C(c1csc(CN2C(=O)CC[C]c3ccccc32)n1)N1CCC(CNc2nc3ccccc3[nH]2)CC1. The number of carbonyl (C=O) groups is 2. The van der Waals surface area contributed by atoms with E-state index < -0.39 is 0 Å². The number of fused-ring (bicyclic) bond motifs is 2. The van der Waals surface area contributed by atoms with Crippen LogP contribution in [0.25, 0.3) is 11.0 Å². The second kappa shape index (κ2) is 10.3. The average Bonchev–Trinajstić information content (AvgIpc) is 3.54. The number of para-hydroxylation sites is 3. The summed E-state index contributed by atoms with van der Waals surface area (Å²) < 4.78 is 0. The molecule has 0 saturated carbocycles. The molecule has 0 bridgehead atoms. The summed E-state index contributed by atoms with van der Waals surface area (Å²) in [5.74, 6) is 1.29. The van der Waals surface area contributed by atoms with Crippen LogP contribution in [0.1, 0.15) is 46.7 Å². The first-order valence-electron chi connectivity index (χ1n) is 12.7. The highest BCUT2D eigenvalue weighted by Gasteiger charge is 2.27. The molecule has 2 aromatic heterocycles. The molecular weight excluding hydrogens is 484 g/mol. The number of anilines is 2. The van der Waals surface area contributed by atoms with Gasteiger partial charge in [0, 0.05) is 43.5 Å². The molecule has 1 fully saturated rings. The van der Waals surface area contributed by atoms with Crippen molar-refractivity contribution in [1.29, 1.82) is 0 Å². The normalized spacial score (nSPS) is 16.6. The van der Waals surface area contributed by atoms with E-state index in [1.807, 2.05) is 58.8 Å². The lowest BCUT2D eigenvalue weighted by Crippen LogP contribution is -2.40. The highest BCUT2D eigenvalue weighted by atomic mass is 32.1. The molecule has 0 atom stereocenters. The van der Waals surface area contributed by atoms with Crippen molar-refractivity contribution in [2.24, 2.45) is 5.92 Å². The summed E-state index contributed by atoms with van der Waals surface area (Å²) in [5.41, 5.74) is 4.24. The monoisotopic (exact) mass is 512 g/mol. The summed E-state index contributed by atoms with van der Waals surface area (Å²) in [7, 11) is 0. The molecule has 188 valence electrons. The molecule has 4 aromatic rings. The molecule has 0 spiro atoms. The van der Waals surface area contributed by atoms with Gasteiger partial charge in [0.05, 0.1) is 17.6 Å². The van der Waals surface area contributed by atoms with Gasteiger partial charge in [0.2, 0.25) is 11.9 Å². The predicted octanol–water partition coefficient (Wildman–Crippen LogP) is 4.74. The Morgan fingerprint density at radius 3 is 2.78 bits per heavy atom. The first-order valence-corrected chi connectivity index (χ1v) is 13.6. The fourth-order valence-corrected chi connectivity index (χ4v) is 5.76. The molecule has 2 radical (unpaired) electrons. The number of amides is 2. The molecule has 2 aliphatic heterocycles. The minimum Gasteiger partial charge on any atom is -0.356 e. The van der Waals surface area contributed by atoms with Crippen LogP contribution in [-0.4, -0.2) is 51.3 Å². The van der Waals surface area contributed by atoms with Crippen LogP contribution in [0.15, 0.2) is 53.9 Å². The molecule has 2 aliphatic rings. The van der Waals surface area contributed by atoms with Gasteiger partial charge < -0.3 is 20.1 Å². The maximum absolute atomic E-state index is 13.2. The number of likely N-dealkylation sites (tertiary alicyclic amines) is 1. The van der Waals surface area contributed by atoms with Gasteiger partial charge in [0.25, 0.3) is 5.91 Å². The van der Waals surface area contributed by atoms with Crippen molar-refractivity contribution >= 4 is 45.8 Å². The summed E-state index contributed by atoms with van der Waals surface area (Å²) >= 11 is 1.43. The van der Waals surface area contributed by atoms with Gasteiger partial charge in [-0.25, -0.2) is 9.97 Å². The van der Waals surface area contributed by atoms with Gasteiger partial charge >= 0.3 is 0 Å². The average molecular weight is 513 g/mol. The second-order valence-electron chi connectivity index (χ2n) is 9.52. The van der Waals surface area contributed by atoms with Gasteiger partial charge in [0.1, 0.15) is 10.7 Å². The molecular formula is C28H28N6O2S. The van der Waals surface area contributed by atoms with E-state index in [-0.39, 0.29) is 11.8 Å². The van der Waals surface area contributed by atoms with Crippen molar-refractivity contribution in [3.05, 3.63) is 76.6 Å². The Balaban J connectivity index is 1.04. The molecule has 4 heterocycles. The highest BCUT2D eigenvalue weighted by Crippen LogP contribution is 2.30. The van der Waals surface area contributed by atoms with Crippen LogP contribution >= 0.6 is 11.3 Å². The Morgan fingerprint density at radius 2 is 1.92 bits per heavy atom. The van der Waals surface area contributed by atoms with Gasteiger partial charge in [-0.1, -0.05) is 30.3 Å². The maximum Gasteiger partial charge on any atom is 0.273 e. The lowest BCUT2D eigenvalue weighted by atomic mass is 9.96. The van der Waals surface area contributed by atoms with Crippen LogP contribution in [0.4, 0.5) is 11.6 Å². The molecule has 6 rings (SSSR count). The molecule has 1 saturated heterocycles. The number of hydrogen-bond donors (Lipinski definition) is 2. The van der Waals surface area contributed by atoms with E-state index in [4.69, 9.17) is 0 Å². The molecule has 2 amide bonds. The zero-order valence-corrected chi connectivity index (χ0v) is 21.3. The number of nitrogens with one attached hydrogen (secondary N) is 2. The van der Waals surface area contributed by atoms with E-state index in [2.05, 4.69) is 26.7 Å². The van der Waals surface area contributed by atoms with Gasteiger partial charge in [-0.3, -0.25) is 9.59 Å². The molecule has 9 heteroatoms. The number of H-pyrrole nitrogens is 1. The number of thiazole rings is 1. The molecule has 37 heavy (non-hydrogen) atoms. The Bertz CT molecular complexity index is 1390. The number of benzene rings is 2. The number of hydrogen-bond acceptors (Lipinski definition) is 6. The van der Waals surface area contributed by atoms with Crippen LogP contribution in [0.2, 0.25) is 0 Å². The van der Waals surface area contributed by atoms with Crippen LogP contribution in [0.3, 0.4) is 0 Å². The van der Waals surface area contributed by atoms with Crippen molar-refractivity contribution < 1.29 is 9.59 Å². The van der Waals surface area contributed by atoms with Gasteiger partial charge in [-0.2, -0.15) is 0 Å². The predicted molar refractivity (Wildman–Crippen MR) is 145 cm³/mol. The molecule has 8 nitrogen and oxygen atoms in total. The Hall–Kier alpha value is -3.72. The van der Waals surface area contributed by atoms with E-state index in [0.717, 1.165) is 52.6 Å². The topological polar surface area (TPSA) is 94.2 Å². The first-order chi connectivity index (χ1) is 18.1. The third-order valence-corrected chi connectivity index (χ3v) is 7.90. The van der Waals surface area contributed by atoms with E-state index in [0.29, 0.717) is 44.1 Å². The zero-order chi connectivity index (χ0) is 25.2. The van der Waals surface area contributed by atoms with E-state index in [1.165, 1.54) is 11.3 Å². The highest BCUT2D eigenvalue weighted by molar-refractivity contribution is 7.09. The summed E-state index contributed by atoms with van der Waals surface area (Å²) in [6, 6.07) is 15.8. The molecule has 0 aliphatic carbocycles. The Labute approximate surface area is 219 Å². The number of aromatic nitrogens is 3. The first kappa shape index (κ1) is 23.7. The fourth-order valence-electron chi connectivity index (χ4n) is 5.00. The maximum atomic E-state index is 13.2. The number of aromatic amines is 1. The quantitative estimate of drug-likeness (QED) is 0.389. The van der Waals surface area contributed by atoms with E-state index in [9.17, 15) is 9.59 Å². The summed E-state index contributed by atoms with van der Waals surface area (Å²) in [6.07, 6.45) is 6.21. The van der Waals surface area contributed by atoms with Gasteiger partial charge in [0.15, 0.2) is 0 Å². The summed E-state index contributed by atoms with van der Waals surface area (Å²) in [6.45, 7) is 2.61. The number of nitrogens with zero attached hydrogens (tertiary/aromatic N) is 4. The molecule has 2 aromatic carbocycles. The third kappa shape index (κ3) is 5.09. The third-order valence-electron chi connectivity index (χ3n) is 7.06. The van der Waals surface area contributed by atoms with Crippen molar-refractivity contribution in [2.75, 3.05) is 29.9 Å². The largest absolute Gasteiger partial charge is 0.356 e. The van der Waals surface area contributed by atoms with Gasteiger partial charge in [-0.15, -0.1) is 11.3 Å². The summed E-state index contributed by atoms with van der Waals surface area (Å²) in [5, 5.41) is 6.00. The molecule has 0 unspecified atom stereocenters. The minimum absolute atomic E-state index is 0.0320. The van der Waals surface area contributed by atoms with Crippen LogP contribution in [0, 0.1) is 12.3 Å². The minimum atomic E-state index is -0.0320. The van der Waals surface area contributed by atoms with Crippen LogP contribution in [0.5, 0.6) is 0 Å². The molecule has 2 N–H and O–H groups in total. The zero-order valence-electron chi connectivity index (χ0n) is 20.4. The lowest BCUT2D eigenvalue weighted by Gasteiger charge is -2.31. The van der Waals surface area contributed by atoms with Crippen molar-refractivity contribution in [2.45, 2.75) is 32.2 Å². The van der Waals surface area contributed by atoms with Crippen LogP contribution < -0.4 is 10.2 Å². The number of piperidine rings is 1.